The van der Waals surface area contributed by atoms with Crippen LogP contribution in [0.25, 0.3) is 0 Å². The van der Waals surface area contributed by atoms with Crippen molar-refractivity contribution in [1.29, 1.82) is 0 Å². The summed E-state index contributed by atoms with van der Waals surface area (Å²) in [7, 11) is 1.59. The average molecular weight is 646 g/mol. The number of hydrogen-bond donors (Lipinski definition) is 0. The first-order valence-corrected chi connectivity index (χ1v) is 14.5. The largest absolute Gasteiger partial charge is 0.469 e. The third-order valence-corrected chi connectivity index (χ3v) is 19.1. The molecule has 2 aliphatic heterocycles. The fourth-order valence-corrected chi connectivity index (χ4v) is 21.9. The highest BCUT2D eigenvalue weighted by molar-refractivity contribution is 14.1. The Balaban J connectivity index is 1.42. The van der Waals surface area contributed by atoms with Gasteiger partial charge in [0.15, 0.2) is 0 Å². The van der Waals surface area contributed by atoms with Gasteiger partial charge >= 0.3 is 11.9 Å². The van der Waals surface area contributed by atoms with Crippen LogP contribution in [0, 0.1) is 93.7 Å². The molecule has 16 unspecified atom stereocenters. The van der Waals surface area contributed by atoms with E-state index in [2.05, 4.69) is 54.5 Å². The predicted molar refractivity (Wildman–Crippen MR) is 117 cm³/mol. The summed E-state index contributed by atoms with van der Waals surface area (Å²) in [6.07, 6.45) is 0.0930. The molecule has 0 aromatic heterocycles. The van der Waals surface area contributed by atoms with E-state index < -0.39 is 0 Å². The second-order valence-corrected chi connectivity index (χ2v) is 16.8. The maximum atomic E-state index is 13.6. The summed E-state index contributed by atoms with van der Waals surface area (Å²) in [5.74, 6) is 6.52. The quantitative estimate of drug-likeness (QED) is 0.250. The molecule has 4 nitrogen and oxygen atoms in total. The normalized spacial score (nSPS) is 86.3. The molecule has 6 bridgehead atoms. The van der Waals surface area contributed by atoms with Gasteiger partial charge in [-0.05, 0) is 59.2 Å². The van der Waals surface area contributed by atoms with Gasteiger partial charge in [-0.3, -0.25) is 9.59 Å². The number of fused-ring (bicyclic) bond motifs is 1. The molecule has 2 saturated heterocycles. The molecule has 2 spiro atoms. The number of methoxy groups -OCH3 is 1. The van der Waals surface area contributed by atoms with E-state index in [9.17, 15) is 9.59 Å². The lowest BCUT2D eigenvalue weighted by Crippen LogP contribution is -2.57. The lowest BCUT2D eigenvalue weighted by molar-refractivity contribution is -0.155. The summed E-state index contributed by atoms with van der Waals surface area (Å²) in [6, 6.07) is 0. The first-order valence-electron chi connectivity index (χ1n) is 11.7. The molecule has 16 atom stereocenters. The van der Waals surface area contributed by atoms with Crippen LogP contribution in [-0.2, 0) is 19.1 Å². The lowest BCUT2D eigenvalue weighted by atomic mass is 9.51. The molecule has 12 fully saturated rings. The Kier molecular flexibility index (Phi) is 2.03. The monoisotopic (exact) mass is 644 g/mol. The van der Waals surface area contributed by atoms with Crippen molar-refractivity contribution in [3.8, 4) is 0 Å². The topological polar surface area (TPSA) is 52.6 Å². The maximum absolute atomic E-state index is 13.6. The molecule has 156 valence electrons. The second kappa shape index (κ2) is 3.74. The van der Waals surface area contributed by atoms with Crippen LogP contribution in [0.4, 0.5) is 0 Å². The summed E-state index contributed by atoms with van der Waals surface area (Å²) in [6.45, 7) is 0. The number of carbonyl (C=O) groups excluding carboxylic acids is 2. The van der Waals surface area contributed by atoms with Crippen molar-refractivity contribution in [2.24, 2.45) is 93.7 Å². The zero-order valence-electron chi connectivity index (χ0n) is 16.0. The van der Waals surface area contributed by atoms with Gasteiger partial charge in [-0.1, -0.05) is 54.5 Å². The molecule has 0 aromatic rings. The van der Waals surface area contributed by atoms with Crippen LogP contribution in [0.2, 0.25) is 0 Å². The Labute approximate surface area is 203 Å². The Bertz CT molecular complexity index is 1060. The van der Waals surface area contributed by atoms with Gasteiger partial charge < -0.3 is 9.47 Å². The van der Waals surface area contributed by atoms with Crippen molar-refractivity contribution in [2.75, 3.05) is 7.11 Å². The maximum Gasteiger partial charge on any atom is 0.309 e. The van der Waals surface area contributed by atoms with E-state index in [1.54, 1.807) is 7.11 Å². The van der Waals surface area contributed by atoms with Crippen LogP contribution in [0.3, 0.4) is 0 Å². The molecule has 10 saturated carbocycles. The van der Waals surface area contributed by atoms with Gasteiger partial charge in [0, 0.05) is 35.2 Å². The molecule has 0 radical (unpaired) electrons. The average Bonchev–Trinajstić information content (AvgIpc) is 3.49. The van der Waals surface area contributed by atoms with E-state index in [1.165, 1.54) is 0 Å². The van der Waals surface area contributed by atoms with Crippen LogP contribution in [0.15, 0.2) is 0 Å². The van der Waals surface area contributed by atoms with Crippen LogP contribution < -0.4 is 0 Å². The molecule has 30 heavy (non-hydrogen) atoms. The molecule has 12 rings (SSSR count). The highest BCUT2D eigenvalue weighted by Gasteiger charge is 3.14. The minimum atomic E-state index is -0.00955. The summed E-state index contributed by atoms with van der Waals surface area (Å²) in [5, 5.41) is 0. The fraction of sp³-hybridized carbons (Fsp3) is 0.913. The number of alkyl halides is 3. The van der Waals surface area contributed by atoms with Gasteiger partial charge in [-0.2, -0.15) is 0 Å². The van der Waals surface area contributed by atoms with Gasteiger partial charge in [0.05, 0.1) is 18.9 Å². The van der Waals surface area contributed by atoms with E-state index in [-0.39, 0.29) is 49.4 Å². The van der Waals surface area contributed by atoms with Gasteiger partial charge in [-0.15, -0.1) is 0 Å². The summed E-state index contributed by atoms with van der Waals surface area (Å²) in [5.41, 5.74) is 0.310. The Morgan fingerprint density at radius 3 is 1.90 bits per heavy atom. The molecular formula is C23H19Br2IO4. The first kappa shape index (κ1) is 16.3. The lowest BCUT2D eigenvalue weighted by Gasteiger charge is -2.55. The first-order chi connectivity index (χ1) is 14.4. The smallest absolute Gasteiger partial charge is 0.309 e. The SMILES string of the molecule is COC(=O)C1C2C3C4C5C6C(=O)OC7C8C9C%10C7C5(Br)C5(C%10C(I)C9C25C8(Br)C63)C14. The minimum Gasteiger partial charge on any atom is -0.469 e. The molecule has 0 amide bonds. The summed E-state index contributed by atoms with van der Waals surface area (Å²) < 4.78 is 12.7. The van der Waals surface area contributed by atoms with Crippen molar-refractivity contribution < 1.29 is 19.1 Å². The molecular weight excluding hydrogens is 627 g/mol. The molecule has 2 heterocycles. The van der Waals surface area contributed by atoms with E-state index in [0.717, 1.165) is 3.92 Å². The summed E-state index contributed by atoms with van der Waals surface area (Å²) in [4.78, 5) is 27.0. The highest BCUT2D eigenvalue weighted by Crippen LogP contribution is 3.11. The van der Waals surface area contributed by atoms with Gasteiger partial charge in [0.2, 0.25) is 0 Å². The number of esters is 2. The van der Waals surface area contributed by atoms with Crippen LogP contribution in [0.1, 0.15) is 0 Å². The number of ether oxygens (including phenoxy) is 2. The summed E-state index contributed by atoms with van der Waals surface area (Å²) >= 11 is 12.0. The minimum absolute atomic E-state index is 0.00955. The zero-order valence-corrected chi connectivity index (χ0v) is 21.3. The van der Waals surface area contributed by atoms with Gasteiger partial charge in [0.1, 0.15) is 6.10 Å². The highest BCUT2D eigenvalue weighted by atomic mass is 127. The number of carbonyl (C=O) groups is 2. The Morgan fingerprint density at radius 1 is 0.900 bits per heavy atom. The fourth-order valence-electron chi connectivity index (χ4n) is 15.8. The third-order valence-electron chi connectivity index (χ3n) is 14.1. The van der Waals surface area contributed by atoms with Crippen molar-refractivity contribution in [3.63, 3.8) is 0 Å². The van der Waals surface area contributed by atoms with Crippen molar-refractivity contribution in [3.05, 3.63) is 0 Å². The van der Waals surface area contributed by atoms with Crippen LogP contribution in [-0.4, -0.2) is 37.7 Å². The van der Waals surface area contributed by atoms with E-state index >= 15 is 0 Å². The van der Waals surface area contributed by atoms with Gasteiger partial charge in [-0.25, -0.2) is 0 Å². The van der Waals surface area contributed by atoms with E-state index in [0.29, 0.717) is 71.0 Å². The van der Waals surface area contributed by atoms with E-state index in [1.807, 2.05) is 0 Å². The molecule has 12 aliphatic rings. The number of halogens is 3. The van der Waals surface area contributed by atoms with Crippen molar-refractivity contribution >= 4 is 66.4 Å². The number of rotatable bonds is 1. The van der Waals surface area contributed by atoms with Crippen molar-refractivity contribution in [1.82, 2.24) is 0 Å². The second-order valence-electron chi connectivity index (χ2n) is 12.7. The Hall–Kier alpha value is 0.630. The Morgan fingerprint density at radius 2 is 1.40 bits per heavy atom. The molecule has 7 heteroatoms. The predicted octanol–water partition coefficient (Wildman–Crippen LogP) is 2.89. The third kappa shape index (κ3) is 0.837. The van der Waals surface area contributed by atoms with E-state index in [4.69, 9.17) is 9.47 Å². The van der Waals surface area contributed by atoms with Crippen LogP contribution in [0.5, 0.6) is 0 Å². The molecule has 10 aliphatic carbocycles. The standard InChI is InChI=1S/C23H19Br2IO4/c1-29-18(27)6-8-2-3-9(6)21-13-5-4-12(16(13)26)20(8,21)22(24)10(2)7-11(3)23(21,25)15(5)17(14(4)22)30-19(7)28/h2-17H,1H3. The van der Waals surface area contributed by atoms with Crippen molar-refractivity contribution in [2.45, 2.75) is 18.7 Å². The van der Waals surface area contributed by atoms with Gasteiger partial charge in [0.25, 0.3) is 0 Å². The van der Waals surface area contributed by atoms with Crippen LogP contribution >= 0.6 is 54.5 Å². The zero-order chi connectivity index (χ0) is 19.8. The number of hydrogen-bond acceptors (Lipinski definition) is 4. The molecule has 0 aromatic carbocycles. The molecule has 0 N–H and O–H groups in total.